The number of carbonyl (C=O) groups is 2. The Morgan fingerprint density at radius 2 is 1.38 bits per heavy atom. The first-order valence-corrected chi connectivity index (χ1v) is 9.83. The molecule has 0 fully saturated rings. The van der Waals surface area contributed by atoms with Crippen molar-refractivity contribution in [1.29, 1.82) is 0 Å². The highest BCUT2D eigenvalue weighted by atomic mass is 16.3. The van der Waals surface area contributed by atoms with Gasteiger partial charge < -0.3 is 15.7 Å². The summed E-state index contributed by atoms with van der Waals surface area (Å²) in [6.45, 7) is 4.58. The molecule has 0 aromatic heterocycles. The lowest BCUT2D eigenvalue weighted by Gasteiger charge is -2.16. The van der Waals surface area contributed by atoms with Crippen molar-refractivity contribution in [3.05, 3.63) is 0 Å². The zero-order chi connectivity index (χ0) is 18.0. The quantitative estimate of drug-likeness (QED) is 0.377. The van der Waals surface area contributed by atoms with Crippen LogP contribution in [0.3, 0.4) is 0 Å². The summed E-state index contributed by atoms with van der Waals surface area (Å²) in [6.07, 6.45) is 12.8. The number of aliphatic hydroxyl groups excluding tert-OH is 1. The van der Waals surface area contributed by atoms with Gasteiger partial charge in [0.1, 0.15) is 6.04 Å². The molecule has 2 amide bonds. The van der Waals surface area contributed by atoms with Crippen LogP contribution in [0.1, 0.15) is 90.9 Å². The summed E-state index contributed by atoms with van der Waals surface area (Å²) < 4.78 is 0. The Morgan fingerprint density at radius 1 is 0.833 bits per heavy atom. The van der Waals surface area contributed by atoms with E-state index in [-0.39, 0.29) is 18.4 Å². The van der Waals surface area contributed by atoms with Crippen LogP contribution in [0.4, 0.5) is 0 Å². The first kappa shape index (κ1) is 22.9. The summed E-state index contributed by atoms with van der Waals surface area (Å²) in [5.74, 6) is -0.439. The molecule has 0 bridgehead atoms. The molecule has 0 aromatic carbocycles. The number of aliphatic hydroxyl groups is 1. The molecule has 0 unspecified atom stereocenters. The maximum atomic E-state index is 11.9. The number of hydrogen-bond acceptors (Lipinski definition) is 3. The molecule has 0 aliphatic carbocycles. The molecule has 0 saturated carbocycles. The minimum Gasteiger partial charge on any atom is -0.394 e. The van der Waals surface area contributed by atoms with Crippen molar-refractivity contribution in [1.82, 2.24) is 10.6 Å². The SMILES string of the molecule is CCCCCCCCCC(=O)N[C@@H](CO)C(=O)NCCCCCC. The van der Waals surface area contributed by atoms with Crippen molar-refractivity contribution in [3.8, 4) is 0 Å². The Balaban J connectivity index is 3.76. The summed E-state index contributed by atoms with van der Waals surface area (Å²) in [5, 5.41) is 14.7. The third-order valence-electron chi connectivity index (χ3n) is 4.17. The van der Waals surface area contributed by atoms with Crippen LogP contribution in [0.5, 0.6) is 0 Å². The molecule has 0 radical (unpaired) electrons. The van der Waals surface area contributed by atoms with Gasteiger partial charge in [-0.2, -0.15) is 0 Å². The molecule has 0 saturated heterocycles. The van der Waals surface area contributed by atoms with E-state index >= 15 is 0 Å². The van der Waals surface area contributed by atoms with Gasteiger partial charge in [-0.3, -0.25) is 9.59 Å². The number of nitrogens with one attached hydrogen (secondary N) is 2. The molecule has 0 rings (SSSR count). The molecule has 5 nitrogen and oxygen atoms in total. The van der Waals surface area contributed by atoms with Gasteiger partial charge in [-0.15, -0.1) is 0 Å². The highest BCUT2D eigenvalue weighted by Gasteiger charge is 2.18. The summed E-state index contributed by atoms with van der Waals surface area (Å²) in [4.78, 5) is 23.8. The van der Waals surface area contributed by atoms with Crippen LogP contribution >= 0.6 is 0 Å². The fraction of sp³-hybridized carbons (Fsp3) is 0.895. The lowest BCUT2D eigenvalue weighted by Crippen LogP contribution is -2.49. The van der Waals surface area contributed by atoms with Crippen molar-refractivity contribution < 1.29 is 14.7 Å². The largest absolute Gasteiger partial charge is 0.394 e. The van der Waals surface area contributed by atoms with E-state index in [1.54, 1.807) is 0 Å². The van der Waals surface area contributed by atoms with Crippen LogP contribution in [0.2, 0.25) is 0 Å². The number of unbranched alkanes of at least 4 members (excludes halogenated alkanes) is 9. The molecule has 1 atom stereocenters. The van der Waals surface area contributed by atoms with Crippen molar-refractivity contribution in [3.63, 3.8) is 0 Å². The minimum atomic E-state index is -0.826. The first-order valence-electron chi connectivity index (χ1n) is 9.83. The standard InChI is InChI=1S/C19H38N2O3/c1-3-5-7-9-10-11-12-14-18(23)21-17(16-22)19(24)20-15-13-8-6-4-2/h17,22H,3-16H2,1-2H3,(H,20,24)(H,21,23)/t17-/m0/s1. The van der Waals surface area contributed by atoms with Crippen LogP contribution in [-0.2, 0) is 9.59 Å². The lowest BCUT2D eigenvalue weighted by molar-refractivity contribution is -0.130. The highest BCUT2D eigenvalue weighted by Crippen LogP contribution is 2.08. The number of carbonyl (C=O) groups excluding carboxylic acids is 2. The zero-order valence-corrected chi connectivity index (χ0v) is 15.7. The van der Waals surface area contributed by atoms with E-state index < -0.39 is 6.04 Å². The van der Waals surface area contributed by atoms with E-state index in [2.05, 4.69) is 24.5 Å². The Labute approximate surface area is 148 Å². The average molecular weight is 343 g/mol. The van der Waals surface area contributed by atoms with Gasteiger partial charge in [-0.05, 0) is 12.8 Å². The van der Waals surface area contributed by atoms with Crippen LogP contribution in [0, 0.1) is 0 Å². The normalized spacial score (nSPS) is 12.0. The van der Waals surface area contributed by atoms with Crippen molar-refractivity contribution in [2.24, 2.45) is 0 Å². The van der Waals surface area contributed by atoms with E-state index in [4.69, 9.17) is 0 Å². The van der Waals surface area contributed by atoms with Crippen molar-refractivity contribution >= 4 is 11.8 Å². The van der Waals surface area contributed by atoms with Gasteiger partial charge in [0.2, 0.25) is 11.8 Å². The van der Waals surface area contributed by atoms with E-state index in [1.807, 2.05) is 0 Å². The van der Waals surface area contributed by atoms with Crippen LogP contribution < -0.4 is 10.6 Å². The summed E-state index contributed by atoms with van der Waals surface area (Å²) in [7, 11) is 0. The van der Waals surface area contributed by atoms with Gasteiger partial charge >= 0.3 is 0 Å². The van der Waals surface area contributed by atoms with Crippen LogP contribution in [0.25, 0.3) is 0 Å². The van der Waals surface area contributed by atoms with E-state index in [1.165, 1.54) is 25.7 Å². The number of hydrogen-bond donors (Lipinski definition) is 3. The Kier molecular flexibility index (Phi) is 16.0. The maximum Gasteiger partial charge on any atom is 0.244 e. The Hall–Kier alpha value is -1.10. The van der Waals surface area contributed by atoms with Gasteiger partial charge in [0.15, 0.2) is 0 Å². The molecule has 3 N–H and O–H groups in total. The molecule has 0 heterocycles. The summed E-state index contributed by atoms with van der Waals surface area (Å²) >= 11 is 0. The second-order valence-electron chi connectivity index (χ2n) is 6.53. The van der Waals surface area contributed by atoms with Gasteiger partial charge in [0.25, 0.3) is 0 Å². The molecule has 24 heavy (non-hydrogen) atoms. The number of amides is 2. The van der Waals surface area contributed by atoms with Crippen LogP contribution in [0.15, 0.2) is 0 Å². The minimum absolute atomic E-state index is 0.149. The number of rotatable bonds is 16. The second-order valence-corrected chi connectivity index (χ2v) is 6.53. The van der Waals surface area contributed by atoms with E-state index in [9.17, 15) is 14.7 Å². The zero-order valence-electron chi connectivity index (χ0n) is 15.7. The second kappa shape index (κ2) is 16.7. The van der Waals surface area contributed by atoms with Crippen molar-refractivity contribution in [2.75, 3.05) is 13.2 Å². The highest BCUT2D eigenvalue weighted by molar-refractivity contribution is 5.87. The molecule has 0 spiro atoms. The van der Waals surface area contributed by atoms with Gasteiger partial charge in [0, 0.05) is 13.0 Å². The maximum absolute atomic E-state index is 11.9. The Morgan fingerprint density at radius 3 is 1.96 bits per heavy atom. The topological polar surface area (TPSA) is 78.4 Å². The molecule has 142 valence electrons. The summed E-state index contributed by atoms with van der Waals surface area (Å²) in [6, 6.07) is -0.826. The molecular weight excluding hydrogens is 304 g/mol. The first-order chi connectivity index (χ1) is 11.7. The van der Waals surface area contributed by atoms with E-state index in [0.29, 0.717) is 13.0 Å². The molecule has 5 heteroatoms. The van der Waals surface area contributed by atoms with Crippen molar-refractivity contribution in [2.45, 2.75) is 96.9 Å². The predicted octanol–water partition coefficient (Wildman–Crippen LogP) is 3.30. The lowest BCUT2D eigenvalue weighted by atomic mass is 10.1. The van der Waals surface area contributed by atoms with Crippen LogP contribution in [-0.4, -0.2) is 36.1 Å². The monoisotopic (exact) mass is 342 g/mol. The average Bonchev–Trinajstić information content (AvgIpc) is 2.58. The van der Waals surface area contributed by atoms with E-state index in [0.717, 1.165) is 44.9 Å². The molecule has 0 aromatic rings. The summed E-state index contributed by atoms with van der Waals surface area (Å²) in [5.41, 5.74) is 0. The van der Waals surface area contributed by atoms with Gasteiger partial charge in [-0.25, -0.2) is 0 Å². The molecular formula is C19H38N2O3. The molecule has 0 aliphatic rings. The van der Waals surface area contributed by atoms with Gasteiger partial charge in [-0.1, -0.05) is 71.6 Å². The fourth-order valence-corrected chi connectivity index (χ4v) is 2.59. The Bertz CT molecular complexity index is 322. The fourth-order valence-electron chi connectivity index (χ4n) is 2.59. The molecule has 0 aliphatic heterocycles. The third kappa shape index (κ3) is 13.3. The smallest absolute Gasteiger partial charge is 0.244 e. The van der Waals surface area contributed by atoms with Gasteiger partial charge in [0.05, 0.1) is 6.61 Å². The third-order valence-corrected chi connectivity index (χ3v) is 4.17. The predicted molar refractivity (Wildman–Crippen MR) is 98.8 cm³/mol.